The first-order chi connectivity index (χ1) is 4.70. The molecule has 4 nitrogen and oxygen atoms in total. The number of aldehydes is 1. The summed E-state index contributed by atoms with van der Waals surface area (Å²) in [6.07, 6.45) is 2.19. The fourth-order valence-corrected chi connectivity index (χ4v) is 0.304. The van der Waals surface area contributed by atoms with E-state index in [0.717, 1.165) is 6.08 Å². The Hall–Kier alpha value is -1.58. The molecular formula is C6H6O4. The molecule has 10 heavy (non-hydrogen) atoms. The standard InChI is InChI=1S/C6H6O4/c7-2-1-5(9)3-6(10)4-8/h1-4,7,9H/b2-1-,5-3-. The van der Waals surface area contributed by atoms with E-state index in [-0.39, 0.29) is 6.29 Å². The van der Waals surface area contributed by atoms with Crippen LogP contribution in [0.2, 0.25) is 0 Å². The summed E-state index contributed by atoms with van der Waals surface area (Å²) in [4.78, 5) is 19.8. The molecule has 0 fully saturated rings. The second kappa shape index (κ2) is 4.31. The quantitative estimate of drug-likeness (QED) is 0.195. The van der Waals surface area contributed by atoms with E-state index in [4.69, 9.17) is 10.2 Å². The van der Waals surface area contributed by atoms with Crippen LogP contribution in [0, 0.1) is 0 Å². The molecular weight excluding hydrogens is 136 g/mol. The molecule has 0 aliphatic carbocycles. The largest absolute Gasteiger partial charge is 0.515 e. The lowest BCUT2D eigenvalue weighted by Crippen LogP contribution is -1.93. The first-order valence-corrected chi connectivity index (χ1v) is 2.41. The highest BCUT2D eigenvalue weighted by atomic mass is 16.3. The van der Waals surface area contributed by atoms with E-state index in [0.29, 0.717) is 12.3 Å². The number of hydrogen-bond donors (Lipinski definition) is 2. The number of rotatable bonds is 3. The predicted molar refractivity (Wildman–Crippen MR) is 33.6 cm³/mol. The lowest BCUT2D eigenvalue weighted by molar-refractivity contribution is -0.126. The third-order valence-electron chi connectivity index (χ3n) is 0.652. The van der Waals surface area contributed by atoms with Gasteiger partial charge in [0.1, 0.15) is 5.76 Å². The average Bonchev–Trinajstić information content (AvgIpc) is 1.88. The van der Waals surface area contributed by atoms with Crippen molar-refractivity contribution < 1.29 is 19.8 Å². The molecule has 2 N–H and O–H groups in total. The van der Waals surface area contributed by atoms with E-state index < -0.39 is 11.5 Å². The number of carbonyl (C=O) groups excluding carboxylic acids is 2. The average molecular weight is 142 g/mol. The summed E-state index contributed by atoms with van der Waals surface area (Å²) >= 11 is 0. The molecule has 4 heteroatoms. The number of carbonyl (C=O) groups is 2. The van der Waals surface area contributed by atoms with Gasteiger partial charge in [0.05, 0.1) is 6.26 Å². The number of hydrogen-bond acceptors (Lipinski definition) is 4. The maximum absolute atomic E-state index is 10.2. The minimum Gasteiger partial charge on any atom is -0.515 e. The topological polar surface area (TPSA) is 74.6 Å². The van der Waals surface area contributed by atoms with Crippen molar-refractivity contribution in [3.05, 3.63) is 24.2 Å². The van der Waals surface area contributed by atoms with E-state index >= 15 is 0 Å². The summed E-state index contributed by atoms with van der Waals surface area (Å²) in [6.45, 7) is 0. The molecule has 0 aromatic rings. The van der Waals surface area contributed by atoms with Gasteiger partial charge in [0.2, 0.25) is 5.78 Å². The Bertz CT molecular complexity index is 190. The minimum atomic E-state index is -0.851. The molecule has 0 spiro atoms. The molecule has 0 rings (SSSR count). The molecule has 0 aliphatic heterocycles. The lowest BCUT2D eigenvalue weighted by atomic mass is 10.3. The molecule has 0 aliphatic rings. The van der Waals surface area contributed by atoms with Crippen LogP contribution >= 0.6 is 0 Å². The Labute approximate surface area is 57.1 Å². The summed E-state index contributed by atoms with van der Waals surface area (Å²) in [5.74, 6) is -1.31. The Morgan fingerprint density at radius 3 is 2.40 bits per heavy atom. The summed E-state index contributed by atoms with van der Waals surface area (Å²) in [6, 6.07) is 0. The van der Waals surface area contributed by atoms with Crippen molar-refractivity contribution in [2.24, 2.45) is 0 Å². The van der Waals surface area contributed by atoms with Crippen molar-refractivity contribution in [1.82, 2.24) is 0 Å². The van der Waals surface area contributed by atoms with Crippen molar-refractivity contribution in [3.63, 3.8) is 0 Å². The van der Waals surface area contributed by atoms with Gasteiger partial charge < -0.3 is 10.2 Å². The van der Waals surface area contributed by atoms with Crippen LogP contribution in [0.1, 0.15) is 0 Å². The van der Waals surface area contributed by atoms with Crippen LogP contribution < -0.4 is 0 Å². The van der Waals surface area contributed by atoms with Gasteiger partial charge in [-0.1, -0.05) is 0 Å². The van der Waals surface area contributed by atoms with Crippen LogP contribution in [0.15, 0.2) is 24.2 Å². The van der Waals surface area contributed by atoms with Crippen LogP contribution in [0.3, 0.4) is 0 Å². The maximum atomic E-state index is 10.2. The Kier molecular flexibility index (Phi) is 3.63. The van der Waals surface area contributed by atoms with E-state index in [9.17, 15) is 9.59 Å². The molecule has 0 aromatic carbocycles. The molecule has 54 valence electrons. The number of aliphatic hydroxyl groups excluding tert-OH is 2. The molecule has 0 amide bonds. The fourth-order valence-electron chi connectivity index (χ4n) is 0.304. The van der Waals surface area contributed by atoms with Crippen molar-refractivity contribution in [2.45, 2.75) is 0 Å². The van der Waals surface area contributed by atoms with Gasteiger partial charge in [-0.2, -0.15) is 0 Å². The maximum Gasteiger partial charge on any atom is 0.221 e. The second-order valence-electron chi connectivity index (χ2n) is 1.41. The van der Waals surface area contributed by atoms with Gasteiger partial charge in [0.25, 0.3) is 0 Å². The van der Waals surface area contributed by atoms with Crippen molar-refractivity contribution in [2.75, 3.05) is 0 Å². The molecule has 0 bridgehead atoms. The zero-order valence-corrected chi connectivity index (χ0v) is 5.02. The molecule has 0 atom stereocenters. The van der Waals surface area contributed by atoms with E-state index in [1.165, 1.54) is 0 Å². The zero-order chi connectivity index (χ0) is 7.98. The summed E-state index contributed by atoms with van der Waals surface area (Å²) in [7, 11) is 0. The van der Waals surface area contributed by atoms with Gasteiger partial charge in [-0.15, -0.1) is 0 Å². The van der Waals surface area contributed by atoms with Crippen LogP contribution in [-0.4, -0.2) is 22.3 Å². The van der Waals surface area contributed by atoms with Gasteiger partial charge in [-0.25, -0.2) is 0 Å². The number of aliphatic hydroxyl groups is 2. The SMILES string of the molecule is O=CC(=O)/C=C(O)/C=C\O. The molecule has 0 heterocycles. The van der Waals surface area contributed by atoms with Crippen LogP contribution in [-0.2, 0) is 9.59 Å². The Morgan fingerprint density at radius 1 is 1.40 bits per heavy atom. The summed E-state index contributed by atoms with van der Waals surface area (Å²) in [5.41, 5.74) is 0. The van der Waals surface area contributed by atoms with Gasteiger partial charge in [0.15, 0.2) is 6.29 Å². The molecule has 0 unspecified atom stereocenters. The van der Waals surface area contributed by atoms with Gasteiger partial charge >= 0.3 is 0 Å². The van der Waals surface area contributed by atoms with Crippen molar-refractivity contribution in [1.29, 1.82) is 0 Å². The predicted octanol–water partition coefficient (Wildman–Crippen LogP) is 0.268. The molecule has 0 saturated carbocycles. The number of ketones is 1. The fraction of sp³-hybridized carbons (Fsp3) is 0. The zero-order valence-electron chi connectivity index (χ0n) is 5.02. The first-order valence-electron chi connectivity index (χ1n) is 2.41. The van der Waals surface area contributed by atoms with Gasteiger partial charge in [0, 0.05) is 12.2 Å². The third kappa shape index (κ3) is 3.43. The highest BCUT2D eigenvalue weighted by Gasteiger charge is 1.93. The highest BCUT2D eigenvalue weighted by Crippen LogP contribution is 1.88. The lowest BCUT2D eigenvalue weighted by Gasteiger charge is -1.84. The summed E-state index contributed by atoms with van der Waals surface area (Å²) < 4.78 is 0. The summed E-state index contributed by atoms with van der Waals surface area (Å²) in [5, 5.41) is 16.6. The number of allylic oxidation sites excluding steroid dienone is 2. The minimum absolute atomic E-state index is 0.0570. The monoisotopic (exact) mass is 142 g/mol. The Balaban J connectivity index is 4.15. The van der Waals surface area contributed by atoms with E-state index in [1.54, 1.807) is 0 Å². The second-order valence-corrected chi connectivity index (χ2v) is 1.41. The van der Waals surface area contributed by atoms with Crippen molar-refractivity contribution in [3.8, 4) is 0 Å². The van der Waals surface area contributed by atoms with Gasteiger partial charge in [-0.05, 0) is 0 Å². The first kappa shape index (κ1) is 8.42. The third-order valence-corrected chi connectivity index (χ3v) is 0.652. The highest BCUT2D eigenvalue weighted by molar-refractivity contribution is 6.30. The Morgan fingerprint density at radius 2 is 2.00 bits per heavy atom. The molecule has 0 radical (unpaired) electrons. The smallest absolute Gasteiger partial charge is 0.221 e. The van der Waals surface area contributed by atoms with Crippen LogP contribution in [0.5, 0.6) is 0 Å². The molecule has 0 aromatic heterocycles. The van der Waals surface area contributed by atoms with E-state index in [2.05, 4.69) is 0 Å². The van der Waals surface area contributed by atoms with Gasteiger partial charge in [-0.3, -0.25) is 9.59 Å². The van der Waals surface area contributed by atoms with Crippen molar-refractivity contribution >= 4 is 12.1 Å². The van der Waals surface area contributed by atoms with E-state index in [1.807, 2.05) is 0 Å². The normalized spacial score (nSPS) is 11.8. The van der Waals surface area contributed by atoms with Crippen LogP contribution in [0.25, 0.3) is 0 Å². The van der Waals surface area contributed by atoms with Crippen LogP contribution in [0.4, 0.5) is 0 Å². The molecule has 0 saturated heterocycles.